The van der Waals surface area contributed by atoms with Gasteiger partial charge in [0.25, 0.3) is 0 Å². The molecule has 0 saturated carbocycles. The molecular formula is C34H51AlCl4I2O2. The van der Waals surface area contributed by atoms with Crippen molar-refractivity contribution in [2.75, 3.05) is 0 Å². The molecule has 0 unspecified atom stereocenters. The van der Waals surface area contributed by atoms with Crippen LogP contribution < -0.4 is 0 Å². The normalized spacial score (nSPS) is 9.86. The zero-order chi connectivity index (χ0) is 32.6. The maximum Gasteiger partial charge on any atom is 0.643 e. The van der Waals surface area contributed by atoms with Crippen molar-refractivity contribution < 1.29 is 9.59 Å². The van der Waals surface area contributed by atoms with E-state index in [0.29, 0.717) is 18.6 Å². The Hall–Kier alpha value is 0.932. The summed E-state index contributed by atoms with van der Waals surface area (Å²) in [7, 11) is 14.8. The van der Waals surface area contributed by atoms with Gasteiger partial charge in [0.1, 0.15) is 0 Å². The molecule has 0 saturated heterocycles. The minimum Gasteiger partial charge on any atom is -0.294 e. The number of carbonyl (C=O) groups excluding carboxylic acids is 2. The lowest BCUT2D eigenvalue weighted by molar-refractivity contribution is -0.111. The van der Waals surface area contributed by atoms with Crippen LogP contribution in [0.5, 0.6) is 0 Å². The highest BCUT2D eigenvalue weighted by atomic mass is 127. The molecule has 0 aliphatic rings. The molecule has 9 heteroatoms. The van der Waals surface area contributed by atoms with E-state index in [1.165, 1.54) is 90.6 Å². The summed E-state index contributed by atoms with van der Waals surface area (Å²) >= 11 is 8.04. The molecule has 0 heterocycles. The van der Waals surface area contributed by atoms with Gasteiger partial charge in [-0.05, 0) is 93.9 Å². The van der Waals surface area contributed by atoms with Gasteiger partial charge in [-0.15, -0.1) is 0 Å². The highest BCUT2D eigenvalue weighted by Gasteiger charge is 2.05. The fraction of sp³-hybridized carbons (Fsp3) is 0.588. The molecule has 0 aliphatic carbocycles. The van der Waals surface area contributed by atoms with Crippen LogP contribution in [0.3, 0.4) is 0 Å². The van der Waals surface area contributed by atoms with E-state index in [4.69, 9.17) is 41.7 Å². The molecule has 2 aromatic carbocycles. The van der Waals surface area contributed by atoms with Gasteiger partial charge in [-0.1, -0.05) is 134 Å². The van der Waals surface area contributed by atoms with Crippen molar-refractivity contribution in [3.63, 3.8) is 0 Å². The summed E-state index contributed by atoms with van der Waals surface area (Å²) in [6, 6.07) is 18.1. The molecule has 0 atom stereocenters. The van der Waals surface area contributed by atoms with Crippen molar-refractivity contribution >= 4 is 109 Å². The smallest absolute Gasteiger partial charge is 0.294 e. The number of Topliss-reactive ketones (excluding diaryl/α,β-unsaturated/α-hetero) is 1. The molecule has 0 spiro atoms. The highest BCUT2D eigenvalue weighted by Crippen LogP contribution is 2.14. The van der Waals surface area contributed by atoms with E-state index in [1.54, 1.807) is 0 Å². The Bertz CT molecular complexity index is 885. The molecule has 2 nitrogen and oxygen atoms in total. The van der Waals surface area contributed by atoms with Gasteiger partial charge >= 0.3 is 11.4 Å². The molecule has 2 aromatic rings. The molecule has 0 aliphatic heterocycles. The standard InChI is InChI=1S/C17H25IO.C11H21ClO.C6H5I.Al.3ClH/c1-2-3-4-5-6-7-8-9-10-17(19)15-11-13-16(18)14-12-15;1-2-3-4-5-6-7-8-9-10-11(12)13;7-6-4-2-1-3-5-6;;;;/h11-14H,2-10H2,1H3;2-10H2,1H3;1-5H;;3*1H/q;;;+3;;;/p-3. The average molecular weight is 914 g/mol. The van der Waals surface area contributed by atoms with Crippen LogP contribution in [0.25, 0.3) is 0 Å². The Balaban J connectivity index is 0. The molecule has 0 N–H and O–H groups in total. The zero-order valence-electron chi connectivity index (χ0n) is 26.1. The van der Waals surface area contributed by atoms with Crippen LogP contribution in [0.4, 0.5) is 0 Å². The Kier molecular flexibility index (Phi) is 38.3. The first-order chi connectivity index (χ1) is 20.6. The van der Waals surface area contributed by atoms with Crippen molar-refractivity contribution in [1.29, 1.82) is 0 Å². The van der Waals surface area contributed by atoms with Gasteiger partial charge in [0.05, 0.1) is 0 Å². The number of rotatable bonds is 19. The highest BCUT2D eigenvalue weighted by molar-refractivity contribution is 14.1. The van der Waals surface area contributed by atoms with Crippen molar-refractivity contribution in [2.45, 2.75) is 129 Å². The van der Waals surface area contributed by atoms with Gasteiger partial charge in [0.2, 0.25) is 5.24 Å². The summed E-state index contributed by atoms with van der Waals surface area (Å²) in [4.78, 5) is 22.3. The first-order valence-corrected chi connectivity index (χ1v) is 23.5. The SMILES string of the molecule is CCCCCCCCCCC(=O)Cl.CCCCCCCCCCC(=O)c1ccc(I)cc1.Ic1ccccc1.[Cl][Al]([Cl])[Cl]. The number of halogens is 6. The first kappa shape index (κ1) is 46.1. The second-order valence-corrected chi connectivity index (χ2v) is 19.6. The van der Waals surface area contributed by atoms with E-state index in [-0.39, 0.29) is 5.24 Å². The number of unbranched alkanes of at least 4 members (excludes halogenated alkanes) is 14. The topological polar surface area (TPSA) is 34.1 Å². The molecule has 0 aromatic heterocycles. The van der Waals surface area contributed by atoms with Gasteiger partial charge in [-0.3, -0.25) is 9.59 Å². The van der Waals surface area contributed by atoms with E-state index in [1.807, 2.05) is 42.5 Å². The Morgan fingerprint density at radius 2 is 0.907 bits per heavy atom. The second kappa shape index (κ2) is 35.8. The average Bonchev–Trinajstić information content (AvgIpc) is 2.97. The summed E-state index contributed by atoms with van der Waals surface area (Å²) in [6.45, 7) is 4.47. The monoisotopic (exact) mass is 912 g/mol. The summed E-state index contributed by atoms with van der Waals surface area (Å²) in [6.07, 6.45) is 21.6. The van der Waals surface area contributed by atoms with Crippen LogP contribution in [-0.4, -0.2) is 22.4 Å². The van der Waals surface area contributed by atoms with Crippen molar-refractivity contribution in [1.82, 2.24) is 0 Å². The number of benzene rings is 2. The van der Waals surface area contributed by atoms with Gasteiger partial charge in [-0.25, -0.2) is 30.1 Å². The predicted octanol–water partition coefficient (Wildman–Crippen LogP) is 14.3. The number of ketones is 1. The summed E-state index contributed by atoms with van der Waals surface area (Å²) in [5.74, 6) is 0.294. The van der Waals surface area contributed by atoms with E-state index in [2.05, 4.69) is 71.2 Å². The molecule has 0 bridgehead atoms. The van der Waals surface area contributed by atoms with Crippen LogP contribution in [0.15, 0.2) is 54.6 Å². The molecule has 43 heavy (non-hydrogen) atoms. The van der Waals surface area contributed by atoms with E-state index < -0.39 is 11.4 Å². The Morgan fingerprint density at radius 3 is 1.26 bits per heavy atom. The lowest BCUT2D eigenvalue weighted by Gasteiger charge is -2.02. The maximum atomic E-state index is 11.9. The molecular weight excluding hydrogens is 863 g/mol. The summed E-state index contributed by atoms with van der Waals surface area (Å²) in [5.41, 5.74) is 0.864. The molecule has 2 rings (SSSR count). The van der Waals surface area contributed by atoms with Gasteiger partial charge < -0.3 is 0 Å². The lowest BCUT2D eigenvalue weighted by Crippen LogP contribution is -1.98. The van der Waals surface area contributed by atoms with E-state index in [9.17, 15) is 9.59 Å². The van der Waals surface area contributed by atoms with E-state index in [0.717, 1.165) is 24.8 Å². The second-order valence-electron chi connectivity index (χ2n) is 10.3. The first-order valence-electron chi connectivity index (χ1n) is 15.7. The number of hydrogen-bond donors (Lipinski definition) is 0. The summed E-state index contributed by atoms with van der Waals surface area (Å²) in [5, 5.41) is -0.189. The Labute approximate surface area is 312 Å². The fourth-order valence-corrected chi connectivity index (χ4v) is 4.92. The third-order valence-corrected chi connectivity index (χ3v) is 8.01. The lowest BCUT2D eigenvalue weighted by atomic mass is 10.0. The van der Waals surface area contributed by atoms with Crippen LogP contribution in [0.1, 0.15) is 140 Å². The third kappa shape index (κ3) is 39.0. The van der Waals surface area contributed by atoms with Crippen molar-refractivity contribution in [3.8, 4) is 0 Å². The third-order valence-electron chi connectivity index (χ3n) is 6.38. The maximum absolute atomic E-state index is 11.9. The minimum atomic E-state index is -1.72. The number of hydrogen-bond acceptors (Lipinski definition) is 2. The minimum absolute atomic E-state index is 0.189. The number of carbonyl (C=O) groups is 2. The molecule has 0 radical (unpaired) electrons. The van der Waals surface area contributed by atoms with E-state index >= 15 is 0 Å². The van der Waals surface area contributed by atoms with Gasteiger partial charge in [0, 0.05) is 25.5 Å². The summed E-state index contributed by atoms with van der Waals surface area (Å²) < 4.78 is 2.47. The molecule has 244 valence electrons. The molecule has 0 amide bonds. The fourth-order valence-electron chi connectivity index (χ4n) is 4.01. The zero-order valence-corrected chi connectivity index (χ0v) is 34.6. The van der Waals surface area contributed by atoms with Gasteiger partial charge in [0.15, 0.2) is 5.78 Å². The van der Waals surface area contributed by atoms with Gasteiger partial charge in [-0.2, -0.15) is 0 Å². The van der Waals surface area contributed by atoms with Crippen LogP contribution in [-0.2, 0) is 4.79 Å². The van der Waals surface area contributed by atoms with Crippen LogP contribution in [0.2, 0.25) is 0 Å². The quantitative estimate of drug-likeness (QED) is 0.0463. The van der Waals surface area contributed by atoms with Crippen LogP contribution >= 0.6 is 86.9 Å². The Morgan fingerprint density at radius 1 is 0.558 bits per heavy atom. The predicted molar refractivity (Wildman–Crippen MR) is 211 cm³/mol. The van der Waals surface area contributed by atoms with Crippen molar-refractivity contribution in [3.05, 3.63) is 67.3 Å². The van der Waals surface area contributed by atoms with Crippen LogP contribution in [0, 0.1) is 7.14 Å². The molecule has 0 fully saturated rings. The largest absolute Gasteiger partial charge is 0.643 e. The van der Waals surface area contributed by atoms with Crippen molar-refractivity contribution in [2.24, 2.45) is 0 Å².